The topological polar surface area (TPSA) is 29.3 Å². The van der Waals surface area contributed by atoms with E-state index in [2.05, 4.69) is 29.2 Å². The molecule has 1 aliphatic heterocycles. The molecular formula is C17H19ClN2. The number of nitrogens with two attached hydrogens (primary N) is 1. The van der Waals surface area contributed by atoms with Gasteiger partial charge in [-0.1, -0.05) is 29.8 Å². The van der Waals surface area contributed by atoms with Crippen LogP contribution in [0.25, 0.3) is 0 Å². The number of rotatable bonds is 2. The Kier molecular flexibility index (Phi) is 3.95. The number of halogens is 1. The Morgan fingerprint density at radius 3 is 2.40 bits per heavy atom. The molecule has 0 fully saturated rings. The second-order valence-electron chi connectivity index (χ2n) is 5.43. The summed E-state index contributed by atoms with van der Waals surface area (Å²) in [5.41, 5.74) is 10.7. The van der Waals surface area contributed by atoms with E-state index in [0.717, 1.165) is 43.2 Å². The number of benzene rings is 2. The van der Waals surface area contributed by atoms with Gasteiger partial charge in [-0.05, 0) is 53.8 Å². The number of fused-ring (bicyclic) bond motifs is 1. The SMILES string of the molecule is Nc1ccc(CN2CCc3ccc(Cl)cc3CC2)cc1. The molecule has 2 aromatic rings. The Morgan fingerprint density at radius 2 is 1.65 bits per heavy atom. The third-order valence-corrected chi connectivity index (χ3v) is 4.18. The minimum absolute atomic E-state index is 0.826. The van der Waals surface area contributed by atoms with Gasteiger partial charge in [-0.3, -0.25) is 4.90 Å². The van der Waals surface area contributed by atoms with Crippen LogP contribution in [-0.2, 0) is 19.4 Å². The van der Waals surface area contributed by atoms with Crippen molar-refractivity contribution in [1.82, 2.24) is 4.90 Å². The number of hydrogen-bond acceptors (Lipinski definition) is 2. The molecule has 1 aliphatic rings. The highest BCUT2D eigenvalue weighted by Crippen LogP contribution is 2.21. The summed E-state index contributed by atoms with van der Waals surface area (Å²) < 4.78 is 0. The molecule has 3 heteroatoms. The van der Waals surface area contributed by atoms with Gasteiger partial charge in [0.25, 0.3) is 0 Å². The van der Waals surface area contributed by atoms with E-state index in [1.807, 2.05) is 18.2 Å². The van der Waals surface area contributed by atoms with E-state index in [-0.39, 0.29) is 0 Å². The fourth-order valence-electron chi connectivity index (χ4n) is 2.78. The van der Waals surface area contributed by atoms with Crippen LogP contribution in [0.1, 0.15) is 16.7 Å². The van der Waals surface area contributed by atoms with Gasteiger partial charge in [-0.2, -0.15) is 0 Å². The molecule has 0 saturated heterocycles. The lowest BCUT2D eigenvalue weighted by Crippen LogP contribution is -2.25. The summed E-state index contributed by atoms with van der Waals surface area (Å²) in [5, 5.41) is 0.843. The fourth-order valence-corrected chi connectivity index (χ4v) is 2.97. The summed E-state index contributed by atoms with van der Waals surface area (Å²) >= 11 is 6.09. The van der Waals surface area contributed by atoms with Crippen LogP contribution in [-0.4, -0.2) is 18.0 Å². The van der Waals surface area contributed by atoms with Crippen LogP contribution < -0.4 is 5.73 Å². The van der Waals surface area contributed by atoms with Gasteiger partial charge in [0.1, 0.15) is 0 Å². The highest BCUT2D eigenvalue weighted by molar-refractivity contribution is 6.30. The molecule has 2 aromatic carbocycles. The van der Waals surface area contributed by atoms with Gasteiger partial charge in [0.15, 0.2) is 0 Å². The monoisotopic (exact) mass is 286 g/mol. The third-order valence-electron chi connectivity index (χ3n) is 3.95. The van der Waals surface area contributed by atoms with Gasteiger partial charge in [-0.25, -0.2) is 0 Å². The zero-order valence-electron chi connectivity index (χ0n) is 11.5. The smallest absolute Gasteiger partial charge is 0.0408 e. The predicted molar refractivity (Wildman–Crippen MR) is 85.0 cm³/mol. The maximum Gasteiger partial charge on any atom is 0.0408 e. The first-order chi connectivity index (χ1) is 9.70. The molecule has 2 nitrogen and oxygen atoms in total. The Bertz CT molecular complexity index is 592. The van der Waals surface area contributed by atoms with E-state index in [9.17, 15) is 0 Å². The molecule has 20 heavy (non-hydrogen) atoms. The van der Waals surface area contributed by atoms with Crippen molar-refractivity contribution in [3.63, 3.8) is 0 Å². The van der Waals surface area contributed by atoms with Gasteiger partial charge < -0.3 is 5.73 Å². The summed E-state index contributed by atoms with van der Waals surface area (Å²) in [6.07, 6.45) is 2.17. The Labute approximate surface area is 125 Å². The van der Waals surface area contributed by atoms with Crippen molar-refractivity contribution in [3.8, 4) is 0 Å². The Balaban J connectivity index is 1.68. The van der Waals surface area contributed by atoms with Crippen molar-refractivity contribution in [2.75, 3.05) is 18.8 Å². The second kappa shape index (κ2) is 5.86. The van der Waals surface area contributed by atoms with Crippen LogP contribution in [0.2, 0.25) is 5.02 Å². The lowest BCUT2D eigenvalue weighted by molar-refractivity contribution is 0.279. The zero-order valence-corrected chi connectivity index (χ0v) is 12.2. The molecule has 0 atom stereocenters. The van der Waals surface area contributed by atoms with Crippen LogP contribution >= 0.6 is 11.6 Å². The van der Waals surface area contributed by atoms with Crippen molar-refractivity contribution in [3.05, 3.63) is 64.2 Å². The highest BCUT2D eigenvalue weighted by atomic mass is 35.5. The average Bonchev–Trinajstić information content (AvgIpc) is 2.64. The Hall–Kier alpha value is -1.51. The molecule has 0 radical (unpaired) electrons. The van der Waals surface area contributed by atoms with E-state index in [1.165, 1.54) is 16.7 Å². The molecule has 0 spiro atoms. The van der Waals surface area contributed by atoms with E-state index >= 15 is 0 Å². The van der Waals surface area contributed by atoms with Crippen LogP contribution in [0.4, 0.5) is 5.69 Å². The van der Waals surface area contributed by atoms with Gasteiger partial charge >= 0.3 is 0 Å². The van der Waals surface area contributed by atoms with Crippen molar-refractivity contribution in [1.29, 1.82) is 0 Å². The summed E-state index contributed by atoms with van der Waals surface area (Å²) in [7, 11) is 0. The molecule has 0 aliphatic carbocycles. The molecule has 0 saturated carbocycles. The summed E-state index contributed by atoms with van der Waals surface area (Å²) in [4.78, 5) is 2.50. The van der Waals surface area contributed by atoms with E-state index in [0.29, 0.717) is 0 Å². The van der Waals surface area contributed by atoms with Gasteiger partial charge in [0.05, 0.1) is 0 Å². The van der Waals surface area contributed by atoms with E-state index in [4.69, 9.17) is 17.3 Å². The first-order valence-electron chi connectivity index (χ1n) is 7.05. The number of hydrogen-bond donors (Lipinski definition) is 1. The normalized spacial score (nSPS) is 15.7. The maximum atomic E-state index is 6.09. The van der Waals surface area contributed by atoms with Crippen LogP contribution in [0.5, 0.6) is 0 Å². The van der Waals surface area contributed by atoms with E-state index < -0.39 is 0 Å². The predicted octanol–water partition coefficient (Wildman–Crippen LogP) is 3.52. The molecule has 104 valence electrons. The lowest BCUT2D eigenvalue weighted by atomic mass is 10.0. The molecule has 2 N–H and O–H groups in total. The first-order valence-corrected chi connectivity index (χ1v) is 7.42. The van der Waals surface area contributed by atoms with Crippen molar-refractivity contribution in [2.24, 2.45) is 0 Å². The van der Waals surface area contributed by atoms with Crippen molar-refractivity contribution < 1.29 is 0 Å². The highest BCUT2D eigenvalue weighted by Gasteiger charge is 2.14. The largest absolute Gasteiger partial charge is 0.399 e. The number of nitrogens with zero attached hydrogens (tertiary/aromatic N) is 1. The lowest BCUT2D eigenvalue weighted by Gasteiger charge is -2.19. The summed E-state index contributed by atoms with van der Waals surface area (Å²) in [5.74, 6) is 0. The third kappa shape index (κ3) is 3.14. The Morgan fingerprint density at radius 1 is 0.950 bits per heavy atom. The van der Waals surface area contributed by atoms with Gasteiger partial charge in [-0.15, -0.1) is 0 Å². The number of nitrogen functional groups attached to an aromatic ring is 1. The molecule has 0 bridgehead atoms. The zero-order chi connectivity index (χ0) is 13.9. The van der Waals surface area contributed by atoms with Crippen molar-refractivity contribution >= 4 is 17.3 Å². The average molecular weight is 287 g/mol. The minimum atomic E-state index is 0.826. The van der Waals surface area contributed by atoms with E-state index in [1.54, 1.807) is 0 Å². The maximum absolute atomic E-state index is 6.09. The summed E-state index contributed by atoms with van der Waals surface area (Å²) in [6.45, 7) is 3.17. The van der Waals surface area contributed by atoms with Crippen LogP contribution in [0.15, 0.2) is 42.5 Å². The number of anilines is 1. The second-order valence-corrected chi connectivity index (χ2v) is 5.87. The fraction of sp³-hybridized carbons (Fsp3) is 0.294. The first kappa shape index (κ1) is 13.5. The molecule has 0 amide bonds. The minimum Gasteiger partial charge on any atom is -0.399 e. The molecule has 0 unspecified atom stereocenters. The molecule has 0 aromatic heterocycles. The standard InChI is InChI=1S/C17H19ClN2/c18-16-4-3-14-7-9-20(10-8-15(14)11-16)12-13-1-5-17(19)6-2-13/h1-6,11H,7-10,12,19H2. The van der Waals surface area contributed by atoms with Gasteiger partial charge in [0.2, 0.25) is 0 Å². The van der Waals surface area contributed by atoms with Gasteiger partial charge in [0, 0.05) is 30.3 Å². The van der Waals surface area contributed by atoms with Crippen molar-refractivity contribution in [2.45, 2.75) is 19.4 Å². The quantitative estimate of drug-likeness (QED) is 0.856. The van der Waals surface area contributed by atoms with Crippen LogP contribution in [0.3, 0.4) is 0 Å². The summed E-state index contributed by atoms with van der Waals surface area (Å²) in [6, 6.07) is 14.5. The van der Waals surface area contributed by atoms with Crippen LogP contribution in [0, 0.1) is 0 Å². The molecule has 1 heterocycles. The molecular weight excluding hydrogens is 268 g/mol. The molecule has 3 rings (SSSR count).